The Labute approximate surface area is 127 Å². The van der Waals surface area contributed by atoms with E-state index in [0.29, 0.717) is 12.2 Å². The molecule has 1 unspecified atom stereocenters. The number of aromatic amines is 1. The number of aliphatic carboxylic acids is 1. The molecule has 0 spiro atoms. The summed E-state index contributed by atoms with van der Waals surface area (Å²) in [5.41, 5.74) is 0.669. The second kappa shape index (κ2) is 6.84. The lowest BCUT2D eigenvalue weighted by atomic mass is 9.84. The number of carboxylic acids is 1. The Morgan fingerprint density at radius 2 is 2.33 bits per heavy atom. The summed E-state index contributed by atoms with van der Waals surface area (Å²) in [6.45, 7) is 0.566. The lowest BCUT2D eigenvalue weighted by Crippen LogP contribution is -2.52. The molecule has 1 saturated carbocycles. The highest BCUT2D eigenvalue weighted by atomic mass is 32.2. The van der Waals surface area contributed by atoms with Gasteiger partial charge in [-0.1, -0.05) is 6.42 Å². The van der Waals surface area contributed by atoms with Crippen molar-refractivity contribution in [1.29, 1.82) is 0 Å². The second-order valence-corrected chi connectivity index (χ2v) is 6.51. The first kappa shape index (κ1) is 15.7. The zero-order valence-corrected chi connectivity index (χ0v) is 12.7. The number of carbonyl (C=O) groups is 2. The van der Waals surface area contributed by atoms with Gasteiger partial charge in [0.25, 0.3) is 0 Å². The summed E-state index contributed by atoms with van der Waals surface area (Å²) in [5, 5.41) is 14.4. The van der Waals surface area contributed by atoms with Gasteiger partial charge in [-0.2, -0.15) is 11.8 Å². The van der Waals surface area contributed by atoms with Gasteiger partial charge < -0.3 is 20.7 Å². The Morgan fingerprint density at radius 3 is 2.81 bits per heavy atom. The van der Waals surface area contributed by atoms with E-state index in [1.54, 1.807) is 18.0 Å². The standard InChI is InChI=1S/C13H20N4O3S/c1-21-13(3-2-4-13)7-15-12(20)17-10(11(18)19)5-9-6-14-8-16-9/h6,8,10H,2-5,7H2,1H3,(H,14,16)(H,18,19)(H2,15,17,20). The Hall–Kier alpha value is -1.70. The van der Waals surface area contributed by atoms with Gasteiger partial charge in [0.15, 0.2) is 0 Å². The van der Waals surface area contributed by atoms with E-state index in [4.69, 9.17) is 0 Å². The van der Waals surface area contributed by atoms with Crippen molar-refractivity contribution in [3.63, 3.8) is 0 Å². The highest BCUT2D eigenvalue weighted by Crippen LogP contribution is 2.42. The molecule has 4 N–H and O–H groups in total. The minimum absolute atomic E-state index is 0.124. The predicted molar refractivity (Wildman–Crippen MR) is 80.3 cm³/mol. The van der Waals surface area contributed by atoms with Crippen LogP contribution in [0.1, 0.15) is 25.0 Å². The van der Waals surface area contributed by atoms with Crippen molar-refractivity contribution < 1.29 is 14.7 Å². The number of rotatable bonds is 7. The van der Waals surface area contributed by atoms with E-state index in [9.17, 15) is 14.7 Å². The summed E-state index contributed by atoms with van der Waals surface area (Å²) in [6.07, 6.45) is 8.60. The number of imidazole rings is 1. The van der Waals surface area contributed by atoms with Gasteiger partial charge in [0.1, 0.15) is 6.04 Å². The third-order valence-electron chi connectivity index (χ3n) is 3.85. The molecule has 1 heterocycles. The maximum absolute atomic E-state index is 11.9. The normalized spacial score (nSPS) is 17.6. The monoisotopic (exact) mass is 312 g/mol. The molecule has 1 aromatic rings. The van der Waals surface area contributed by atoms with Crippen LogP contribution in [0.3, 0.4) is 0 Å². The van der Waals surface area contributed by atoms with Gasteiger partial charge in [-0.05, 0) is 19.1 Å². The van der Waals surface area contributed by atoms with Crippen molar-refractivity contribution in [2.75, 3.05) is 12.8 Å². The van der Waals surface area contributed by atoms with Crippen molar-refractivity contribution in [3.8, 4) is 0 Å². The number of carbonyl (C=O) groups excluding carboxylic acids is 1. The average Bonchev–Trinajstić information content (AvgIpc) is 2.90. The zero-order valence-electron chi connectivity index (χ0n) is 11.9. The molecule has 0 radical (unpaired) electrons. The fourth-order valence-electron chi connectivity index (χ4n) is 2.29. The molecular weight excluding hydrogens is 292 g/mol. The molecule has 1 aliphatic carbocycles. The number of amides is 2. The number of hydrogen-bond acceptors (Lipinski definition) is 4. The van der Waals surface area contributed by atoms with Crippen molar-refractivity contribution in [3.05, 3.63) is 18.2 Å². The van der Waals surface area contributed by atoms with Gasteiger partial charge in [0.2, 0.25) is 0 Å². The first-order valence-electron chi connectivity index (χ1n) is 6.84. The van der Waals surface area contributed by atoms with Crippen LogP contribution in [-0.2, 0) is 11.2 Å². The molecule has 0 saturated heterocycles. The van der Waals surface area contributed by atoms with Crippen LogP contribution < -0.4 is 10.6 Å². The Kier molecular flexibility index (Phi) is 5.11. The maximum Gasteiger partial charge on any atom is 0.326 e. The SMILES string of the molecule is CSC1(CNC(=O)NC(Cc2cnc[nH]2)C(=O)O)CCC1. The lowest BCUT2D eigenvalue weighted by molar-refractivity contribution is -0.139. The van der Waals surface area contributed by atoms with Crippen LogP contribution >= 0.6 is 11.8 Å². The van der Waals surface area contributed by atoms with Crippen molar-refractivity contribution in [1.82, 2.24) is 20.6 Å². The average molecular weight is 312 g/mol. The molecule has 1 aromatic heterocycles. The van der Waals surface area contributed by atoms with E-state index in [0.717, 1.165) is 12.8 Å². The van der Waals surface area contributed by atoms with Gasteiger partial charge in [0, 0.05) is 29.6 Å². The van der Waals surface area contributed by atoms with Gasteiger partial charge in [-0.15, -0.1) is 0 Å². The molecule has 1 fully saturated rings. The van der Waals surface area contributed by atoms with Gasteiger partial charge in [0.05, 0.1) is 6.33 Å². The Balaban J connectivity index is 1.82. The van der Waals surface area contributed by atoms with Crippen LogP contribution in [0, 0.1) is 0 Å². The van der Waals surface area contributed by atoms with Crippen molar-refractivity contribution in [2.24, 2.45) is 0 Å². The van der Waals surface area contributed by atoms with Crippen molar-refractivity contribution >= 4 is 23.8 Å². The highest BCUT2D eigenvalue weighted by Gasteiger charge is 2.36. The number of carboxylic acid groups (broad SMARTS) is 1. The summed E-state index contributed by atoms with van der Waals surface area (Å²) in [4.78, 5) is 29.7. The molecular formula is C13H20N4O3S. The van der Waals surface area contributed by atoms with E-state index in [2.05, 4.69) is 20.6 Å². The molecule has 7 nitrogen and oxygen atoms in total. The molecule has 2 amide bonds. The topological polar surface area (TPSA) is 107 Å². The van der Waals surface area contributed by atoms with Crippen LogP contribution in [0.4, 0.5) is 4.79 Å². The van der Waals surface area contributed by atoms with Crippen LogP contribution in [0.25, 0.3) is 0 Å². The number of nitrogens with zero attached hydrogens (tertiary/aromatic N) is 1. The molecule has 0 bridgehead atoms. The second-order valence-electron chi connectivity index (χ2n) is 5.24. The maximum atomic E-state index is 11.9. The quantitative estimate of drug-likeness (QED) is 0.600. The van der Waals surface area contributed by atoms with E-state index in [1.165, 1.54) is 12.7 Å². The fourth-order valence-corrected chi connectivity index (χ4v) is 3.20. The molecule has 116 valence electrons. The Morgan fingerprint density at radius 1 is 1.57 bits per heavy atom. The largest absolute Gasteiger partial charge is 0.480 e. The smallest absolute Gasteiger partial charge is 0.326 e. The molecule has 21 heavy (non-hydrogen) atoms. The van der Waals surface area contributed by atoms with Crippen LogP contribution in [0.15, 0.2) is 12.5 Å². The van der Waals surface area contributed by atoms with Crippen LogP contribution in [-0.4, -0.2) is 50.7 Å². The first-order chi connectivity index (χ1) is 10.0. The predicted octanol–water partition coefficient (Wildman–Crippen LogP) is 0.990. The fraction of sp³-hybridized carbons (Fsp3) is 0.615. The molecule has 1 atom stereocenters. The summed E-state index contributed by atoms with van der Waals surface area (Å²) in [5.74, 6) is -1.07. The zero-order chi connectivity index (χ0) is 15.3. The van der Waals surface area contributed by atoms with E-state index >= 15 is 0 Å². The minimum atomic E-state index is -1.07. The summed E-state index contributed by atoms with van der Waals surface area (Å²) < 4.78 is 0.124. The summed E-state index contributed by atoms with van der Waals surface area (Å²) >= 11 is 1.76. The third-order valence-corrected chi connectivity index (χ3v) is 5.27. The van der Waals surface area contributed by atoms with E-state index < -0.39 is 18.0 Å². The number of H-pyrrole nitrogens is 1. The molecule has 0 aliphatic heterocycles. The summed E-state index contributed by atoms with van der Waals surface area (Å²) in [6, 6.07) is -1.42. The van der Waals surface area contributed by atoms with Gasteiger partial charge >= 0.3 is 12.0 Å². The molecule has 1 aliphatic rings. The van der Waals surface area contributed by atoms with Gasteiger partial charge in [-0.3, -0.25) is 0 Å². The third kappa shape index (κ3) is 4.13. The number of nitrogens with one attached hydrogen (secondary N) is 3. The number of thioether (sulfide) groups is 1. The van der Waals surface area contributed by atoms with E-state index in [1.807, 2.05) is 6.26 Å². The number of urea groups is 1. The summed E-state index contributed by atoms with van der Waals surface area (Å²) in [7, 11) is 0. The van der Waals surface area contributed by atoms with Crippen molar-refractivity contribution in [2.45, 2.75) is 36.5 Å². The van der Waals surface area contributed by atoms with Gasteiger partial charge in [-0.25, -0.2) is 14.6 Å². The Bertz CT molecular complexity index is 482. The number of aromatic nitrogens is 2. The molecule has 0 aromatic carbocycles. The molecule has 8 heteroatoms. The van der Waals surface area contributed by atoms with Crippen LogP contribution in [0.5, 0.6) is 0 Å². The minimum Gasteiger partial charge on any atom is -0.480 e. The van der Waals surface area contributed by atoms with E-state index in [-0.39, 0.29) is 11.2 Å². The first-order valence-corrected chi connectivity index (χ1v) is 8.07. The highest BCUT2D eigenvalue weighted by molar-refractivity contribution is 8.00. The lowest BCUT2D eigenvalue weighted by Gasteiger charge is -2.40. The van der Waals surface area contributed by atoms with Crippen LogP contribution in [0.2, 0.25) is 0 Å². The number of hydrogen-bond donors (Lipinski definition) is 4. The molecule has 2 rings (SSSR count).